The number of rotatable bonds is 3. The van der Waals surface area contributed by atoms with Crippen LogP contribution in [0.1, 0.15) is 33.9 Å². The van der Waals surface area contributed by atoms with Gasteiger partial charge < -0.3 is 5.73 Å². The average molecular weight is 257 g/mol. The van der Waals surface area contributed by atoms with E-state index in [1.54, 1.807) is 19.1 Å². The average Bonchev–Trinajstić information content (AvgIpc) is 2.31. The predicted octanol–water partition coefficient (Wildman–Crippen LogP) is 3.99. The topological polar surface area (TPSA) is 26.0 Å². The number of benzene rings is 2. The summed E-state index contributed by atoms with van der Waals surface area (Å²) in [5.74, 6) is -0.181. The maximum absolute atomic E-state index is 14.0. The largest absolute Gasteiger partial charge is 0.324 e. The van der Waals surface area contributed by atoms with E-state index >= 15 is 0 Å². The molecule has 19 heavy (non-hydrogen) atoms. The lowest BCUT2D eigenvalue weighted by atomic mass is 9.96. The summed E-state index contributed by atoms with van der Waals surface area (Å²) in [5.41, 5.74) is 11.0. The zero-order valence-electron chi connectivity index (χ0n) is 11.7. The first-order chi connectivity index (χ1) is 8.97. The lowest BCUT2D eigenvalue weighted by molar-refractivity contribution is 0.573. The van der Waals surface area contributed by atoms with Gasteiger partial charge in [0.25, 0.3) is 0 Å². The maximum atomic E-state index is 14.0. The van der Waals surface area contributed by atoms with Crippen molar-refractivity contribution in [2.45, 2.75) is 33.2 Å². The second-order valence-electron chi connectivity index (χ2n) is 5.28. The third kappa shape index (κ3) is 3.21. The Hall–Kier alpha value is -1.67. The van der Waals surface area contributed by atoms with Crippen molar-refractivity contribution in [2.75, 3.05) is 0 Å². The SMILES string of the molecule is Cc1cc(C)cc(CC(N)c2cccc(C)c2F)c1. The Morgan fingerprint density at radius 3 is 2.32 bits per heavy atom. The Balaban J connectivity index is 2.25. The van der Waals surface area contributed by atoms with Crippen molar-refractivity contribution in [3.8, 4) is 0 Å². The quantitative estimate of drug-likeness (QED) is 0.884. The van der Waals surface area contributed by atoms with Crippen molar-refractivity contribution in [1.82, 2.24) is 0 Å². The van der Waals surface area contributed by atoms with Gasteiger partial charge in [0.2, 0.25) is 0 Å². The monoisotopic (exact) mass is 257 g/mol. The molecule has 2 heteroatoms. The molecule has 1 atom stereocenters. The van der Waals surface area contributed by atoms with Gasteiger partial charge in [0.15, 0.2) is 0 Å². The minimum Gasteiger partial charge on any atom is -0.324 e. The second-order valence-corrected chi connectivity index (χ2v) is 5.28. The van der Waals surface area contributed by atoms with Gasteiger partial charge in [-0.25, -0.2) is 4.39 Å². The zero-order valence-corrected chi connectivity index (χ0v) is 11.7. The normalized spacial score (nSPS) is 12.5. The van der Waals surface area contributed by atoms with Crippen LogP contribution in [0.4, 0.5) is 4.39 Å². The first-order valence-electron chi connectivity index (χ1n) is 6.55. The van der Waals surface area contributed by atoms with Gasteiger partial charge in [-0.1, -0.05) is 47.5 Å². The molecule has 0 aliphatic heterocycles. The Bertz CT molecular complexity index is 570. The van der Waals surface area contributed by atoms with E-state index in [1.165, 1.54) is 11.1 Å². The summed E-state index contributed by atoms with van der Waals surface area (Å²) in [6, 6.07) is 11.4. The minimum absolute atomic E-state index is 0.181. The highest BCUT2D eigenvalue weighted by molar-refractivity contribution is 5.32. The summed E-state index contributed by atoms with van der Waals surface area (Å²) < 4.78 is 14.0. The molecule has 1 unspecified atom stereocenters. The van der Waals surface area contributed by atoms with Gasteiger partial charge >= 0.3 is 0 Å². The molecule has 0 aliphatic rings. The van der Waals surface area contributed by atoms with Gasteiger partial charge in [0, 0.05) is 11.6 Å². The molecule has 0 bridgehead atoms. The van der Waals surface area contributed by atoms with Crippen LogP contribution in [0.25, 0.3) is 0 Å². The van der Waals surface area contributed by atoms with Crippen LogP contribution in [-0.2, 0) is 6.42 Å². The van der Waals surface area contributed by atoms with E-state index in [4.69, 9.17) is 5.73 Å². The van der Waals surface area contributed by atoms with Crippen LogP contribution in [-0.4, -0.2) is 0 Å². The zero-order chi connectivity index (χ0) is 14.0. The number of hydrogen-bond donors (Lipinski definition) is 1. The molecule has 0 saturated carbocycles. The van der Waals surface area contributed by atoms with Crippen molar-refractivity contribution >= 4 is 0 Å². The molecule has 0 amide bonds. The molecule has 100 valence electrons. The van der Waals surface area contributed by atoms with Crippen molar-refractivity contribution in [3.05, 3.63) is 70.0 Å². The molecule has 2 rings (SSSR count). The summed E-state index contributed by atoms with van der Waals surface area (Å²) in [7, 11) is 0. The Labute approximate surface area is 114 Å². The number of aryl methyl sites for hydroxylation is 3. The van der Waals surface area contributed by atoms with Gasteiger partial charge in [-0.05, 0) is 38.3 Å². The smallest absolute Gasteiger partial charge is 0.130 e. The lowest BCUT2D eigenvalue weighted by Crippen LogP contribution is -2.15. The number of nitrogens with two attached hydrogens (primary N) is 1. The molecule has 0 aromatic heterocycles. The summed E-state index contributed by atoms with van der Waals surface area (Å²) in [6.07, 6.45) is 0.656. The van der Waals surface area contributed by atoms with Crippen LogP contribution in [0.3, 0.4) is 0 Å². The van der Waals surface area contributed by atoms with Crippen molar-refractivity contribution < 1.29 is 4.39 Å². The fraction of sp³-hybridized carbons (Fsp3) is 0.294. The van der Waals surface area contributed by atoms with Crippen LogP contribution in [0.2, 0.25) is 0 Å². The first-order valence-corrected chi connectivity index (χ1v) is 6.55. The summed E-state index contributed by atoms with van der Waals surface area (Å²) >= 11 is 0. The number of halogens is 1. The van der Waals surface area contributed by atoms with Crippen LogP contribution in [0, 0.1) is 26.6 Å². The summed E-state index contributed by atoms with van der Waals surface area (Å²) in [5, 5.41) is 0. The molecule has 0 radical (unpaired) electrons. The molecule has 2 N–H and O–H groups in total. The molecule has 2 aromatic rings. The van der Waals surface area contributed by atoms with Gasteiger partial charge in [0.1, 0.15) is 5.82 Å². The van der Waals surface area contributed by atoms with E-state index in [9.17, 15) is 4.39 Å². The van der Waals surface area contributed by atoms with Crippen LogP contribution in [0.5, 0.6) is 0 Å². The summed E-state index contributed by atoms with van der Waals surface area (Å²) in [6.45, 7) is 5.90. The van der Waals surface area contributed by atoms with E-state index in [2.05, 4.69) is 32.0 Å². The van der Waals surface area contributed by atoms with Crippen LogP contribution in [0.15, 0.2) is 36.4 Å². The van der Waals surface area contributed by atoms with Gasteiger partial charge in [-0.2, -0.15) is 0 Å². The second kappa shape index (κ2) is 5.54. The van der Waals surface area contributed by atoms with Gasteiger partial charge in [0.05, 0.1) is 0 Å². The van der Waals surface area contributed by atoms with E-state index in [-0.39, 0.29) is 11.9 Å². The highest BCUT2D eigenvalue weighted by Gasteiger charge is 2.13. The van der Waals surface area contributed by atoms with E-state index in [0.717, 1.165) is 5.56 Å². The van der Waals surface area contributed by atoms with Crippen molar-refractivity contribution in [2.24, 2.45) is 5.73 Å². The molecule has 0 heterocycles. The molecule has 2 aromatic carbocycles. The Morgan fingerprint density at radius 1 is 1.05 bits per heavy atom. The van der Waals surface area contributed by atoms with Gasteiger partial charge in [-0.3, -0.25) is 0 Å². The fourth-order valence-electron chi connectivity index (χ4n) is 2.51. The standard InChI is InChI=1S/C17H20FN/c1-11-7-12(2)9-14(8-11)10-16(19)15-6-4-5-13(3)17(15)18/h4-9,16H,10,19H2,1-3H3. The van der Waals surface area contributed by atoms with Crippen molar-refractivity contribution in [3.63, 3.8) is 0 Å². The Morgan fingerprint density at radius 2 is 1.68 bits per heavy atom. The van der Waals surface area contributed by atoms with Gasteiger partial charge in [-0.15, -0.1) is 0 Å². The molecule has 0 aliphatic carbocycles. The van der Waals surface area contributed by atoms with E-state index in [1.807, 2.05) is 6.07 Å². The third-order valence-corrected chi connectivity index (χ3v) is 3.36. The first kappa shape index (κ1) is 13.8. The Kier molecular flexibility index (Phi) is 4.01. The molecule has 1 nitrogen and oxygen atoms in total. The highest BCUT2D eigenvalue weighted by atomic mass is 19.1. The predicted molar refractivity (Wildman–Crippen MR) is 77.7 cm³/mol. The van der Waals surface area contributed by atoms with Crippen LogP contribution >= 0.6 is 0 Å². The summed E-state index contributed by atoms with van der Waals surface area (Å²) in [4.78, 5) is 0. The lowest BCUT2D eigenvalue weighted by Gasteiger charge is -2.15. The van der Waals surface area contributed by atoms with Crippen LogP contribution < -0.4 is 5.73 Å². The third-order valence-electron chi connectivity index (χ3n) is 3.36. The number of hydrogen-bond acceptors (Lipinski definition) is 1. The molecule has 0 spiro atoms. The molecular weight excluding hydrogens is 237 g/mol. The molecule has 0 saturated heterocycles. The minimum atomic E-state index is -0.305. The maximum Gasteiger partial charge on any atom is 0.130 e. The highest BCUT2D eigenvalue weighted by Crippen LogP contribution is 2.22. The molecular formula is C17H20FN. The van der Waals surface area contributed by atoms with E-state index < -0.39 is 0 Å². The van der Waals surface area contributed by atoms with E-state index in [0.29, 0.717) is 17.5 Å². The molecule has 0 fully saturated rings. The fourth-order valence-corrected chi connectivity index (χ4v) is 2.51. The van der Waals surface area contributed by atoms with Crippen molar-refractivity contribution in [1.29, 1.82) is 0 Å².